The van der Waals surface area contributed by atoms with Crippen LogP contribution in [0.15, 0.2) is 18.3 Å². The van der Waals surface area contributed by atoms with Gasteiger partial charge in [0.05, 0.1) is 17.6 Å². The number of alkyl halides is 2. The molecule has 1 aliphatic carbocycles. The van der Waals surface area contributed by atoms with E-state index in [1.54, 1.807) is 19.9 Å². The number of imidazole rings is 1. The summed E-state index contributed by atoms with van der Waals surface area (Å²) in [7, 11) is 1.81. The van der Waals surface area contributed by atoms with E-state index in [1.807, 2.05) is 24.2 Å². The zero-order valence-electron chi connectivity index (χ0n) is 21.7. The smallest absolute Gasteiger partial charge is 0.256 e. The molecule has 38 heavy (non-hydrogen) atoms. The van der Waals surface area contributed by atoms with Gasteiger partial charge in [0.15, 0.2) is 5.65 Å². The highest BCUT2D eigenvalue weighted by Crippen LogP contribution is 2.44. The second-order valence-corrected chi connectivity index (χ2v) is 10.6. The summed E-state index contributed by atoms with van der Waals surface area (Å²) < 4.78 is 27.8. The van der Waals surface area contributed by atoms with Crippen LogP contribution in [0.4, 0.5) is 20.5 Å². The Labute approximate surface area is 218 Å². The summed E-state index contributed by atoms with van der Waals surface area (Å²) in [6.07, 6.45) is 3.50. The van der Waals surface area contributed by atoms with Crippen molar-refractivity contribution in [2.24, 2.45) is 5.41 Å². The molecule has 2 aliphatic rings. The molecule has 4 aromatic rings. The topological polar surface area (TPSA) is 117 Å². The Hall–Kier alpha value is -3.83. The number of aryl methyl sites for hydroxylation is 1. The quantitative estimate of drug-likeness (QED) is 0.347. The molecule has 3 N–H and O–H groups in total. The number of fused-ring (bicyclic) bond motifs is 2. The zero-order chi connectivity index (χ0) is 26.6. The number of halogens is 2. The van der Waals surface area contributed by atoms with E-state index in [2.05, 4.69) is 20.6 Å². The molecule has 2 fully saturated rings. The third-order valence-electron chi connectivity index (χ3n) is 8.03. The first-order valence-corrected chi connectivity index (χ1v) is 13.0. The molecule has 0 aromatic carbocycles. The number of rotatable bonds is 6. The van der Waals surface area contributed by atoms with Gasteiger partial charge in [0, 0.05) is 50.3 Å². The second kappa shape index (κ2) is 9.17. The summed E-state index contributed by atoms with van der Waals surface area (Å²) in [5.41, 5.74) is 3.33. The molecule has 6 rings (SSSR count). The minimum absolute atomic E-state index is 0.159. The van der Waals surface area contributed by atoms with E-state index in [0.717, 1.165) is 49.7 Å². The van der Waals surface area contributed by atoms with Crippen LogP contribution < -0.4 is 10.6 Å². The molecule has 1 amide bonds. The van der Waals surface area contributed by atoms with Crippen molar-refractivity contribution in [3.63, 3.8) is 0 Å². The summed E-state index contributed by atoms with van der Waals surface area (Å²) >= 11 is 0. The molecule has 5 heterocycles. The van der Waals surface area contributed by atoms with Gasteiger partial charge >= 0.3 is 0 Å². The maximum atomic E-state index is 13.2. The predicted molar refractivity (Wildman–Crippen MR) is 141 cm³/mol. The first-order chi connectivity index (χ1) is 18.2. The number of anilines is 2. The number of carbonyl (C=O) groups excluding carboxylic acids is 1. The third-order valence-corrected chi connectivity index (χ3v) is 8.03. The van der Waals surface area contributed by atoms with Crippen molar-refractivity contribution >= 4 is 39.9 Å². The average molecular weight is 524 g/mol. The molecule has 0 unspecified atom stereocenters. The molecule has 1 saturated heterocycles. The maximum Gasteiger partial charge on any atom is 0.256 e. The molecular formula is C26H31F2N9O. The number of hydrogen-bond donors (Lipinski definition) is 3. The van der Waals surface area contributed by atoms with E-state index in [4.69, 9.17) is 15.0 Å². The summed E-state index contributed by atoms with van der Waals surface area (Å²) in [6, 6.07) is 3.90. The van der Waals surface area contributed by atoms with E-state index >= 15 is 0 Å². The van der Waals surface area contributed by atoms with Crippen molar-refractivity contribution < 1.29 is 13.6 Å². The number of aromatic amines is 1. The van der Waals surface area contributed by atoms with Crippen molar-refractivity contribution in [2.75, 3.05) is 30.8 Å². The number of H-pyrrole nitrogens is 1. The highest BCUT2D eigenvalue weighted by atomic mass is 19.3. The van der Waals surface area contributed by atoms with E-state index in [1.165, 1.54) is 4.57 Å². The van der Waals surface area contributed by atoms with Gasteiger partial charge in [-0.15, -0.1) is 0 Å². The summed E-state index contributed by atoms with van der Waals surface area (Å²) in [5, 5.41) is 7.47. The number of amides is 1. The fourth-order valence-electron chi connectivity index (χ4n) is 5.96. The normalized spacial score (nSPS) is 17.5. The van der Waals surface area contributed by atoms with Gasteiger partial charge in [0.2, 0.25) is 11.9 Å². The van der Waals surface area contributed by atoms with Crippen LogP contribution in [0.3, 0.4) is 0 Å². The van der Waals surface area contributed by atoms with Gasteiger partial charge in [0.1, 0.15) is 22.8 Å². The first-order valence-electron chi connectivity index (χ1n) is 13.0. The van der Waals surface area contributed by atoms with Gasteiger partial charge in [-0.25, -0.2) is 18.7 Å². The van der Waals surface area contributed by atoms with Gasteiger partial charge in [0.25, 0.3) is 6.43 Å². The summed E-state index contributed by atoms with van der Waals surface area (Å²) in [5.74, 6) is 1.85. The Morgan fingerprint density at radius 3 is 2.63 bits per heavy atom. The lowest BCUT2D eigenvalue weighted by Crippen LogP contribution is -2.59. The van der Waals surface area contributed by atoms with E-state index in [-0.39, 0.29) is 17.4 Å². The van der Waals surface area contributed by atoms with Crippen LogP contribution in [0, 0.1) is 12.3 Å². The van der Waals surface area contributed by atoms with Gasteiger partial charge in [-0.2, -0.15) is 9.97 Å². The molecular weight excluding hydrogens is 492 g/mol. The number of pyridine rings is 1. The lowest BCUT2D eigenvalue weighted by atomic mass is 9.67. The molecule has 0 bridgehead atoms. The molecule has 4 aromatic heterocycles. The molecule has 0 radical (unpaired) electrons. The number of aromatic nitrogens is 6. The lowest BCUT2D eigenvalue weighted by Gasteiger charge is -2.53. The van der Waals surface area contributed by atoms with Crippen molar-refractivity contribution in [2.45, 2.75) is 58.5 Å². The fourth-order valence-corrected chi connectivity index (χ4v) is 5.96. The maximum absolute atomic E-state index is 13.2. The molecule has 12 heteroatoms. The lowest BCUT2D eigenvalue weighted by molar-refractivity contribution is -0.143. The van der Waals surface area contributed by atoms with Crippen LogP contribution in [0.1, 0.15) is 38.4 Å². The Morgan fingerprint density at radius 2 is 1.95 bits per heavy atom. The minimum Gasteiger partial charge on any atom is -0.372 e. The van der Waals surface area contributed by atoms with Gasteiger partial charge in [-0.3, -0.25) is 4.79 Å². The largest absolute Gasteiger partial charge is 0.372 e. The Balaban J connectivity index is 1.25. The van der Waals surface area contributed by atoms with Crippen molar-refractivity contribution in [1.29, 1.82) is 0 Å². The number of hydrogen-bond acceptors (Lipinski definition) is 7. The highest BCUT2D eigenvalue weighted by Gasteiger charge is 2.46. The predicted octanol–water partition coefficient (Wildman–Crippen LogP) is 4.19. The van der Waals surface area contributed by atoms with Crippen LogP contribution in [-0.4, -0.2) is 72.9 Å². The molecule has 0 atom stereocenters. The van der Waals surface area contributed by atoms with Crippen molar-refractivity contribution in [3.8, 4) is 11.3 Å². The van der Waals surface area contributed by atoms with Crippen LogP contribution in [-0.2, 0) is 11.3 Å². The van der Waals surface area contributed by atoms with E-state index in [9.17, 15) is 13.6 Å². The van der Waals surface area contributed by atoms with Crippen LogP contribution in [0.25, 0.3) is 33.5 Å². The second-order valence-electron chi connectivity index (χ2n) is 10.6. The SMILES string of the molecule is CNc1nc(NC2CCC3(CC2)CN(C(C)=O)C3)nc2[nH]cc(-c3ccc4nc(C)n(CC(F)F)c4n3)c12. The fraction of sp³-hybridized carbons (Fsp3) is 0.500. The molecule has 200 valence electrons. The first kappa shape index (κ1) is 24.5. The molecule has 1 saturated carbocycles. The van der Waals surface area contributed by atoms with Gasteiger partial charge in [-0.05, 0) is 44.7 Å². The Bertz CT molecular complexity index is 1510. The zero-order valence-corrected chi connectivity index (χ0v) is 21.7. The van der Waals surface area contributed by atoms with Gasteiger partial charge < -0.3 is 25.1 Å². The van der Waals surface area contributed by atoms with Crippen LogP contribution in [0.5, 0.6) is 0 Å². The monoisotopic (exact) mass is 523 g/mol. The van der Waals surface area contributed by atoms with E-state index in [0.29, 0.717) is 40.1 Å². The van der Waals surface area contributed by atoms with Crippen LogP contribution in [0.2, 0.25) is 0 Å². The van der Waals surface area contributed by atoms with Crippen LogP contribution >= 0.6 is 0 Å². The molecule has 1 spiro atoms. The third kappa shape index (κ3) is 4.21. The van der Waals surface area contributed by atoms with Crippen molar-refractivity contribution in [1.82, 2.24) is 34.4 Å². The van der Waals surface area contributed by atoms with Crippen molar-refractivity contribution in [3.05, 3.63) is 24.2 Å². The average Bonchev–Trinajstić information content (AvgIpc) is 3.42. The summed E-state index contributed by atoms with van der Waals surface area (Å²) in [6.45, 7) is 4.63. The number of nitrogens with zero attached hydrogens (tertiary/aromatic N) is 6. The number of carbonyl (C=O) groups is 1. The number of likely N-dealkylation sites (tertiary alicyclic amines) is 1. The molecule has 10 nitrogen and oxygen atoms in total. The standard InChI is InChI=1S/C26H31F2N9O/c1-14-31-19-5-4-18(33-24(19)37(14)11-20(27)28)17-10-30-23-21(17)22(29-3)34-25(35-23)32-16-6-8-26(9-7-16)12-36(13-26)15(2)38/h4-5,10,16,20H,6-9,11-13H2,1-3H3,(H3,29,30,32,34,35). The Kier molecular flexibility index (Phi) is 5.92. The van der Waals surface area contributed by atoms with Gasteiger partial charge in [-0.1, -0.05) is 0 Å². The number of nitrogens with one attached hydrogen (secondary N) is 3. The Morgan fingerprint density at radius 1 is 1.18 bits per heavy atom. The summed E-state index contributed by atoms with van der Waals surface area (Å²) in [4.78, 5) is 35.3. The highest BCUT2D eigenvalue weighted by molar-refractivity contribution is 6.01. The molecule has 1 aliphatic heterocycles. The minimum atomic E-state index is -2.50. The van der Waals surface area contributed by atoms with E-state index < -0.39 is 13.0 Å².